The molecule has 0 aliphatic rings. The molecule has 5 rings (SSSR count). The topological polar surface area (TPSA) is 26.0 Å². The van der Waals surface area contributed by atoms with Crippen molar-refractivity contribution >= 4 is 22.7 Å². The zero-order valence-electron chi connectivity index (χ0n) is 15.8. The average molecular weight is 373 g/mol. The molecule has 0 atom stereocenters. The number of rotatable bonds is 4. The summed E-state index contributed by atoms with van der Waals surface area (Å²) in [7, 11) is 0. The Balaban J connectivity index is 1.70. The van der Waals surface area contributed by atoms with Crippen molar-refractivity contribution in [2.45, 2.75) is 0 Å². The first kappa shape index (κ1) is 17.2. The van der Waals surface area contributed by atoms with Gasteiger partial charge in [0.1, 0.15) is 5.52 Å². The van der Waals surface area contributed by atoms with Crippen molar-refractivity contribution in [1.82, 2.24) is 4.98 Å². The Labute approximate surface area is 169 Å². The summed E-state index contributed by atoms with van der Waals surface area (Å²) in [6.07, 6.45) is 2.13. The van der Waals surface area contributed by atoms with E-state index in [4.69, 9.17) is 9.40 Å². The largest absolute Gasteiger partial charge is 0.436 e. The summed E-state index contributed by atoms with van der Waals surface area (Å²) in [6.45, 7) is 0. The van der Waals surface area contributed by atoms with E-state index < -0.39 is 0 Å². The number of fused-ring (bicyclic) bond motifs is 1. The molecule has 0 saturated heterocycles. The lowest BCUT2D eigenvalue weighted by Crippen LogP contribution is -1.88. The summed E-state index contributed by atoms with van der Waals surface area (Å²) in [5.41, 5.74) is 7.02. The zero-order valence-corrected chi connectivity index (χ0v) is 15.8. The molecule has 1 heterocycles. The van der Waals surface area contributed by atoms with Gasteiger partial charge in [-0.05, 0) is 28.8 Å². The highest BCUT2D eigenvalue weighted by molar-refractivity contribution is 5.95. The molecular weight excluding hydrogens is 354 g/mol. The maximum atomic E-state index is 6.24. The van der Waals surface area contributed by atoms with Crippen molar-refractivity contribution in [2.75, 3.05) is 0 Å². The second kappa shape index (κ2) is 7.61. The summed E-state index contributed by atoms with van der Waals surface area (Å²) < 4.78 is 6.24. The fraction of sp³-hybridized carbons (Fsp3) is 0. The molecule has 0 aliphatic heterocycles. The Bertz CT molecular complexity index is 1270. The molecule has 0 aliphatic carbocycles. The lowest BCUT2D eigenvalue weighted by atomic mass is 10.0. The quantitative estimate of drug-likeness (QED) is 0.314. The highest BCUT2D eigenvalue weighted by Gasteiger charge is 2.16. The SMILES string of the molecule is C(=C(c1ccccc1)c1nc2c(-c3ccccc3)cccc2o1)c1ccccc1. The van der Waals surface area contributed by atoms with Crippen LogP contribution in [0.25, 0.3) is 33.9 Å². The molecule has 138 valence electrons. The third-order valence-electron chi connectivity index (χ3n) is 4.93. The van der Waals surface area contributed by atoms with Crippen molar-refractivity contribution in [1.29, 1.82) is 0 Å². The van der Waals surface area contributed by atoms with Crippen molar-refractivity contribution in [3.63, 3.8) is 0 Å². The number of hydrogen-bond donors (Lipinski definition) is 0. The van der Waals surface area contributed by atoms with Crippen LogP contribution in [0.3, 0.4) is 0 Å². The third kappa shape index (κ3) is 3.48. The Hall–Kier alpha value is -3.91. The average Bonchev–Trinajstić information content (AvgIpc) is 3.23. The van der Waals surface area contributed by atoms with Crippen LogP contribution in [0, 0.1) is 0 Å². The minimum atomic E-state index is 0.624. The molecule has 5 aromatic rings. The number of nitrogens with zero attached hydrogens (tertiary/aromatic N) is 1. The zero-order chi connectivity index (χ0) is 19.5. The van der Waals surface area contributed by atoms with Gasteiger partial charge in [0.15, 0.2) is 5.58 Å². The molecule has 0 N–H and O–H groups in total. The van der Waals surface area contributed by atoms with Gasteiger partial charge in [-0.25, -0.2) is 4.98 Å². The van der Waals surface area contributed by atoms with Crippen LogP contribution in [0.4, 0.5) is 0 Å². The molecule has 2 heteroatoms. The van der Waals surface area contributed by atoms with Crippen molar-refractivity contribution < 1.29 is 4.42 Å². The molecule has 0 saturated carbocycles. The molecule has 0 bridgehead atoms. The molecule has 4 aromatic carbocycles. The van der Waals surface area contributed by atoms with E-state index >= 15 is 0 Å². The lowest BCUT2D eigenvalue weighted by molar-refractivity contribution is 0.585. The number of benzene rings is 4. The second-order valence-corrected chi connectivity index (χ2v) is 6.87. The minimum absolute atomic E-state index is 0.624. The Morgan fingerprint density at radius 1 is 0.655 bits per heavy atom. The molecule has 2 nitrogen and oxygen atoms in total. The van der Waals surface area contributed by atoms with Crippen LogP contribution < -0.4 is 0 Å². The summed E-state index contributed by atoms with van der Waals surface area (Å²) in [5.74, 6) is 0.624. The molecule has 29 heavy (non-hydrogen) atoms. The van der Waals surface area contributed by atoms with Gasteiger partial charge >= 0.3 is 0 Å². The van der Waals surface area contributed by atoms with Gasteiger partial charge in [-0.15, -0.1) is 0 Å². The van der Waals surface area contributed by atoms with Gasteiger partial charge in [-0.2, -0.15) is 0 Å². The van der Waals surface area contributed by atoms with Crippen LogP contribution in [0.5, 0.6) is 0 Å². The summed E-state index contributed by atoms with van der Waals surface area (Å²) in [4.78, 5) is 4.93. The van der Waals surface area contributed by atoms with E-state index in [0.717, 1.165) is 38.9 Å². The highest BCUT2D eigenvalue weighted by atomic mass is 16.3. The first-order chi connectivity index (χ1) is 14.4. The number of hydrogen-bond acceptors (Lipinski definition) is 2. The molecule has 0 unspecified atom stereocenters. The maximum absolute atomic E-state index is 6.24. The number of aromatic nitrogens is 1. The van der Waals surface area contributed by atoms with Crippen molar-refractivity contribution in [3.05, 3.63) is 126 Å². The van der Waals surface area contributed by atoms with Gasteiger partial charge in [0.25, 0.3) is 0 Å². The molecule has 0 radical (unpaired) electrons. The summed E-state index contributed by atoms with van der Waals surface area (Å²) >= 11 is 0. The van der Waals surface area contributed by atoms with Gasteiger partial charge in [0.05, 0.1) is 0 Å². The summed E-state index contributed by atoms with van der Waals surface area (Å²) in [5, 5.41) is 0. The van der Waals surface area contributed by atoms with Crippen LogP contribution in [0.15, 0.2) is 114 Å². The van der Waals surface area contributed by atoms with E-state index in [9.17, 15) is 0 Å². The first-order valence-electron chi connectivity index (χ1n) is 9.66. The Morgan fingerprint density at radius 3 is 2.03 bits per heavy atom. The van der Waals surface area contributed by atoms with Crippen molar-refractivity contribution in [3.8, 4) is 11.1 Å². The van der Waals surface area contributed by atoms with Crippen LogP contribution in [0.1, 0.15) is 17.0 Å². The van der Waals surface area contributed by atoms with Crippen molar-refractivity contribution in [2.24, 2.45) is 0 Å². The van der Waals surface area contributed by atoms with Gasteiger partial charge < -0.3 is 4.42 Å². The normalized spacial score (nSPS) is 11.7. The summed E-state index contributed by atoms with van der Waals surface area (Å²) in [6, 6.07) is 36.9. The Morgan fingerprint density at radius 2 is 1.31 bits per heavy atom. The smallest absolute Gasteiger partial charge is 0.227 e. The molecule has 0 spiro atoms. The van der Waals surface area contributed by atoms with Crippen LogP contribution >= 0.6 is 0 Å². The monoisotopic (exact) mass is 373 g/mol. The standard InChI is InChI=1S/C27H19NO/c1-4-11-20(12-5-1)19-24(22-15-8-3-9-16-22)27-28-26-23(17-10-18-25(26)29-27)21-13-6-2-7-14-21/h1-19H. The fourth-order valence-corrected chi connectivity index (χ4v) is 3.52. The van der Waals surface area contributed by atoms with E-state index in [1.165, 1.54) is 0 Å². The highest BCUT2D eigenvalue weighted by Crippen LogP contribution is 2.33. The number of para-hydroxylation sites is 1. The third-order valence-corrected chi connectivity index (χ3v) is 4.93. The fourth-order valence-electron chi connectivity index (χ4n) is 3.52. The first-order valence-corrected chi connectivity index (χ1v) is 9.66. The van der Waals surface area contributed by atoms with Crippen LogP contribution in [0.2, 0.25) is 0 Å². The van der Waals surface area contributed by atoms with Gasteiger partial charge in [0.2, 0.25) is 5.89 Å². The number of oxazole rings is 1. The molecule has 1 aromatic heterocycles. The van der Waals surface area contributed by atoms with E-state index in [0.29, 0.717) is 5.89 Å². The molecule has 0 amide bonds. The lowest BCUT2D eigenvalue weighted by Gasteiger charge is -2.04. The predicted molar refractivity (Wildman–Crippen MR) is 119 cm³/mol. The molecular formula is C27H19NO. The van der Waals surface area contributed by atoms with E-state index in [2.05, 4.69) is 48.5 Å². The Kier molecular flexibility index (Phi) is 4.51. The van der Waals surface area contributed by atoms with Crippen LogP contribution in [-0.4, -0.2) is 4.98 Å². The van der Waals surface area contributed by atoms with Gasteiger partial charge in [-0.1, -0.05) is 103 Å². The van der Waals surface area contributed by atoms with Crippen LogP contribution in [-0.2, 0) is 0 Å². The van der Waals surface area contributed by atoms with E-state index in [1.54, 1.807) is 0 Å². The maximum Gasteiger partial charge on any atom is 0.227 e. The second-order valence-electron chi connectivity index (χ2n) is 6.87. The molecule has 0 fully saturated rings. The minimum Gasteiger partial charge on any atom is -0.436 e. The van der Waals surface area contributed by atoms with Gasteiger partial charge in [0, 0.05) is 11.1 Å². The van der Waals surface area contributed by atoms with E-state index in [1.807, 2.05) is 66.7 Å². The predicted octanol–water partition coefficient (Wildman–Crippen LogP) is 7.08. The van der Waals surface area contributed by atoms with Gasteiger partial charge in [-0.3, -0.25) is 0 Å². The van der Waals surface area contributed by atoms with E-state index in [-0.39, 0.29) is 0 Å².